The van der Waals surface area contributed by atoms with Gasteiger partial charge in [0.25, 0.3) is 5.91 Å². The molecule has 0 saturated carbocycles. The zero-order valence-electron chi connectivity index (χ0n) is 12.1. The standard InChI is InChI=1S/C14H19N3O3/c1-15(2)12(18)8-16(3)9-5-6-10-11(7-9)17(4)14(20)13(10)19/h5-7,13,19H,8H2,1-4H3. The van der Waals surface area contributed by atoms with E-state index in [2.05, 4.69) is 0 Å². The number of fused-ring (bicyclic) bond motifs is 1. The summed E-state index contributed by atoms with van der Waals surface area (Å²) in [5.41, 5.74) is 2.12. The summed E-state index contributed by atoms with van der Waals surface area (Å²) in [6.07, 6.45) is -1.09. The molecule has 1 heterocycles. The van der Waals surface area contributed by atoms with Gasteiger partial charge in [0.15, 0.2) is 6.10 Å². The quantitative estimate of drug-likeness (QED) is 0.858. The van der Waals surface area contributed by atoms with E-state index < -0.39 is 6.10 Å². The Morgan fingerprint density at radius 2 is 2.00 bits per heavy atom. The second-order valence-electron chi connectivity index (χ2n) is 5.19. The van der Waals surface area contributed by atoms with E-state index in [1.54, 1.807) is 33.3 Å². The maximum Gasteiger partial charge on any atom is 0.260 e. The van der Waals surface area contributed by atoms with E-state index >= 15 is 0 Å². The Hall–Kier alpha value is -2.08. The summed E-state index contributed by atoms with van der Waals surface area (Å²) in [6.45, 7) is 0.256. The Balaban J connectivity index is 2.24. The highest BCUT2D eigenvalue weighted by Crippen LogP contribution is 2.37. The summed E-state index contributed by atoms with van der Waals surface area (Å²) >= 11 is 0. The van der Waals surface area contributed by atoms with Gasteiger partial charge in [0.1, 0.15) is 0 Å². The Morgan fingerprint density at radius 3 is 2.60 bits per heavy atom. The summed E-state index contributed by atoms with van der Waals surface area (Å²) in [5.74, 6) is -0.332. The van der Waals surface area contributed by atoms with Crippen molar-refractivity contribution in [3.63, 3.8) is 0 Å². The van der Waals surface area contributed by atoms with Crippen LogP contribution in [0.5, 0.6) is 0 Å². The van der Waals surface area contributed by atoms with Gasteiger partial charge in [0.05, 0.1) is 12.2 Å². The first-order valence-corrected chi connectivity index (χ1v) is 6.33. The molecule has 0 fully saturated rings. The van der Waals surface area contributed by atoms with Crippen molar-refractivity contribution in [2.24, 2.45) is 0 Å². The van der Waals surface area contributed by atoms with Crippen molar-refractivity contribution in [3.8, 4) is 0 Å². The molecule has 1 aromatic carbocycles. The monoisotopic (exact) mass is 277 g/mol. The van der Waals surface area contributed by atoms with Crippen molar-refractivity contribution in [1.82, 2.24) is 4.90 Å². The Morgan fingerprint density at radius 1 is 1.35 bits per heavy atom. The summed E-state index contributed by atoms with van der Waals surface area (Å²) in [7, 11) is 6.87. The topological polar surface area (TPSA) is 64.1 Å². The summed E-state index contributed by atoms with van der Waals surface area (Å²) in [4.78, 5) is 28.2. The minimum atomic E-state index is -1.09. The van der Waals surface area contributed by atoms with Crippen molar-refractivity contribution in [3.05, 3.63) is 23.8 Å². The van der Waals surface area contributed by atoms with Crippen LogP contribution < -0.4 is 9.80 Å². The second-order valence-corrected chi connectivity index (χ2v) is 5.19. The van der Waals surface area contributed by atoms with E-state index in [-0.39, 0.29) is 18.4 Å². The molecule has 108 valence electrons. The number of amides is 2. The molecule has 6 heteroatoms. The molecule has 0 bridgehead atoms. The Labute approximate surface area is 118 Å². The molecular weight excluding hydrogens is 258 g/mol. The van der Waals surface area contributed by atoms with E-state index in [0.717, 1.165) is 5.69 Å². The van der Waals surface area contributed by atoms with Crippen molar-refractivity contribution < 1.29 is 14.7 Å². The van der Waals surface area contributed by atoms with Crippen LogP contribution >= 0.6 is 0 Å². The molecule has 1 aliphatic heterocycles. The fraction of sp³-hybridized carbons (Fsp3) is 0.429. The van der Waals surface area contributed by atoms with Crippen LogP contribution in [-0.4, -0.2) is 56.6 Å². The van der Waals surface area contributed by atoms with Crippen molar-refractivity contribution in [1.29, 1.82) is 0 Å². The number of carbonyl (C=O) groups is 2. The molecule has 20 heavy (non-hydrogen) atoms. The molecule has 2 amide bonds. The molecule has 1 atom stereocenters. The normalized spacial score (nSPS) is 17.1. The van der Waals surface area contributed by atoms with Crippen LogP contribution in [-0.2, 0) is 9.59 Å². The predicted molar refractivity (Wildman–Crippen MR) is 76.8 cm³/mol. The zero-order chi connectivity index (χ0) is 15.0. The fourth-order valence-electron chi connectivity index (χ4n) is 2.16. The lowest BCUT2D eigenvalue weighted by Gasteiger charge is -2.22. The Kier molecular flexibility index (Phi) is 3.67. The molecule has 6 nitrogen and oxygen atoms in total. The molecule has 1 aromatic rings. The van der Waals surface area contributed by atoms with E-state index in [1.165, 1.54) is 9.80 Å². The number of hydrogen-bond donors (Lipinski definition) is 1. The van der Waals surface area contributed by atoms with Crippen LogP contribution in [0.15, 0.2) is 18.2 Å². The van der Waals surface area contributed by atoms with Gasteiger partial charge >= 0.3 is 0 Å². The smallest absolute Gasteiger partial charge is 0.260 e. The second kappa shape index (κ2) is 5.13. The Bertz CT molecular complexity index is 557. The molecule has 0 spiro atoms. The number of anilines is 2. The lowest BCUT2D eigenvalue weighted by atomic mass is 10.1. The highest BCUT2D eigenvalue weighted by molar-refractivity contribution is 6.04. The summed E-state index contributed by atoms with van der Waals surface area (Å²) < 4.78 is 0. The summed E-state index contributed by atoms with van der Waals surface area (Å²) in [5, 5.41) is 9.80. The maximum atomic E-state index is 11.7. The van der Waals surface area contributed by atoms with Gasteiger partial charge in [-0.05, 0) is 12.1 Å². The zero-order valence-corrected chi connectivity index (χ0v) is 12.1. The first-order chi connectivity index (χ1) is 9.32. The van der Waals surface area contributed by atoms with Gasteiger partial charge in [-0.15, -0.1) is 0 Å². The van der Waals surface area contributed by atoms with Gasteiger partial charge in [-0.25, -0.2) is 0 Å². The molecule has 2 rings (SSSR count). The van der Waals surface area contributed by atoms with E-state index in [0.29, 0.717) is 11.3 Å². The van der Waals surface area contributed by atoms with Crippen LogP contribution in [0.3, 0.4) is 0 Å². The van der Waals surface area contributed by atoms with Gasteiger partial charge in [0.2, 0.25) is 5.91 Å². The number of hydrogen-bond acceptors (Lipinski definition) is 4. The van der Waals surface area contributed by atoms with E-state index in [1.807, 2.05) is 18.0 Å². The molecule has 1 unspecified atom stereocenters. The highest BCUT2D eigenvalue weighted by atomic mass is 16.3. The third-order valence-electron chi connectivity index (χ3n) is 3.55. The third-order valence-corrected chi connectivity index (χ3v) is 3.55. The van der Waals surface area contributed by atoms with E-state index in [4.69, 9.17) is 0 Å². The van der Waals surface area contributed by atoms with Crippen LogP contribution in [0.25, 0.3) is 0 Å². The lowest BCUT2D eigenvalue weighted by molar-refractivity contribution is -0.127. The molecule has 0 aromatic heterocycles. The van der Waals surface area contributed by atoms with Crippen LogP contribution in [0.1, 0.15) is 11.7 Å². The maximum absolute atomic E-state index is 11.7. The van der Waals surface area contributed by atoms with Crippen molar-refractivity contribution >= 4 is 23.2 Å². The van der Waals surface area contributed by atoms with Crippen molar-refractivity contribution in [2.45, 2.75) is 6.10 Å². The van der Waals surface area contributed by atoms with Crippen LogP contribution in [0.2, 0.25) is 0 Å². The van der Waals surface area contributed by atoms with Gasteiger partial charge < -0.3 is 19.8 Å². The number of likely N-dealkylation sites (N-methyl/N-ethyl adjacent to an activating group) is 3. The molecule has 0 aliphatic carbocycles. The first-order valence-electron chi connectivity index (χ1n) is 6.33. The minimum absolute atomic E-state index is 0.00235. The lowest BCUT2D eigenvalue weighted by Crippen LogP contribution is -2.34. The van der Waals surface area contributed by atoms with Gasteiger partial charge in [-0.1, -0.05) is 6.07 Å². The SMILES string of the molecule is CN(C)C(=O)CN(C)c1ccc2c(c1)N(C)C(=O)C2O. The minimum Gasteiger partial charge on any atom is -0.378 e. The molecule has 1 N–H and O–H groups in total. The van der Waals surface area contributed by atoms with Crippen molar-refractivity contribution in [2.75, 3.05) is 44.5 Å². The summed E-state index contributed by atoms with van der Waals surface area (Å²) in [6, 6.07) is 5.34. The number of carbonyl (C=O) groups excluding carboxylic acids is 2. The number of nitrogens with zero attached hydrogens (tertiary/aromatic N) is 3. The van der Waals surface area contributed by atoms with Gasteiger partial charge in [-0.2, -0.15) is 0 Å². The van der Waals surface area contributed by atoms with Crippen LogP contribution in [0.4, 0.5) is 11.4 Å². The molecule has 1 aliphatic rings. The van der Waals surface area contributed by atoms with Gasteiger partial charge in [-0.3, -0.25) is 9.59 Å². The fourth-order valence-corrected chi connectivity index (χ4v) is 2.16. The largest absolute Gasteiger partial charge is 0.378 e. The first kappa shape index (κ1) is 14.3. The van der Waals surface area contributed by atoms with E-state index in [9.17, 15) is 14.7 Å². The number of rotatable bonds is 3. The number of benzene rings is 1. The van der Waals surface area contributed by atoms with Gasteiger partial charge in [0, 0.05) is 39.4 Å². The predicted octanol–water partition coefficient (Wildman–Crippen LogP) is 0.221. The molecular formula is C14H19N3O3. The average molecular weight is 277 g/mol. The average Bonchev–Trinajstić information content (AvgIpc) is 2.63. The molecule has 0 saturated heterocycles. The number of aliphatic hydroxyl groups is 1. The number of aliphatic hydroxyl groups excluding tert-OH is 1. The third kappa shape index (κ3) is 2.34. The van der Waals surface area contributed by atoms with Crippen LogP contribution in [0, 0.1) is 0 Å². The highest BCUT2D eigenvalue weighted by Gasteiger charge is 2.33. The molecule has 0 radical (unpaired) electrons.